The van der Waals surface area contributed by atoms with Gasteiger partial charge < -0.3 is 14.6 Å². The second kappa shape index (κ2) is 6.01. The van der Waals surface area contributed by atoms with E-state index in [1.165, 1.54) is 0 Å². The standard InChI is InChI=1S/C14H14N2O4/c1-9-5-3-4-6-11(9)14(18)19-8-13(17)15-12-7-10(2)20-16-12/h3-7H,8H2,1-2H3,(H,15,16,17). The van der Waals surface area contributed by atoms with Gasteiger partial charge >= 0.3 is 5.97 Å². The molecule has 0 aliphatic carbocycles. The van der Waals surface area contributed by atoms with Crippen molar-refractivity contribution in [2.45, 2.75) is 13.8 Å². The molecule has 0 bridgehead atoms. The molecular weight excluding hydrogens is 260 g/mol. The Hall–Kier alpha value is -2.63. The third-order valence-electron chi connectivity index (χ3n) is 2.59. The first-order valence-electron chi connectivity index (χ1n) is 6.02. The number of ether oxygens (including phenoxy) is 1. The molecule has 6 heteroatoms. The van der Waals surface area contributed by atoms with Crippen molar-refractivity contribution < 1.29 is 18.8 Å². The van der Waals surface area contributed by atoms with Crippen molar-refractivity contribution in [3.05, 3.63) is 47.2 Å². The topological polar surface area (TPSA) is 81.4 Å². The maximum Gasteiger partial charge on any atom is 0.338 e. The average Bonchev–Trinajstić information content (AvgIpc) is 2.82. The van der Waals surface area contributed by atoms with Crippen molar-refractivity contribution in [1.29, 1.82) is 0 Å². The second-order valence-corrected chi connectivity index (χ2v) is 4.26. The van der Waals surface area contributed by atoms with E-state index in [1.807, 2.05) is 6.07 Å². The summed E-state index contributed by atoms with van der Waals surface area (Å²) in [4.78, 5) is 23.4. The van der Waals surface area contributed by atoms with E-state index in [0.717, 1.165) is 5.56 Å². The molecule has 0 spiro atoms. The van der Waals surface area contributed by atoms with Gasteiger partial charge in [-0.1, -0.05) is 23.4 Å². The van der Waals surface area contributed by atoms with Crippen LogP contribution in [0.2, 0.25) is 0 Å². The smallest absolute Gasteiger partial charge is 0.338 e. The lowest BCUT2D eigenvalue weighted by Gasteiger charge is -2.06. The van der Waals surface area contributed by atoms with Gasteiger partial charge in [0.25, 0.3) is 5.91 Å². The Balaban J connectivity index is 1.87. The first kappa shape index (κ1) is 13.8. The molecule has 1 amide bonds. The molecule has 0 saturated heterocycles. The van der Waals surface area contributed by atoms with Gasteiger partial charge in [0.2, 0.25) is 0 Å². The van der Waals surface area contributed by atoms with Crippen LogP contribution in [0.5, 0.6) is 0 Å². The number of rotatable bonds is 4. The summed E-state index contributed by atoms with van der Waals surface area (Å²) in [6, 6.07) is 8.58. The van der Waals surface area contributed by atoms with Crippen LogP contribution >= 0.6 is 0 Å². The highest BCUT2D eigenvalue weighted by Gasteiger charge is 2.13. The molecule has 0 atom stereocenters. The summed E-state index contributed by atoms with van der Waals surface area (Å²) in [5.41, 5.74) is 1.24. The minimum atomic E-state index is -0.533. The lowest BCUT2D eigenvalue weighted by atomic mass is 10.1. The lowest BCUT2D eigenvalue weighted by molar-refractivity contribution is -0.119. The fourth-order valence-corrected chi connectivity index (χ4v) is 1.62. The molecule has 0 saturated carbocycles. The Morgan fingerprint density at radius 1 is 1.30 bits per heavy atom. The van der Waals surface area contributed by atoms with E-state index in [1.54, 1.807) is 38.1 Å². The Bertz CT molecular complexity index is 634. The first-order chi connectivity index (χ1) is 9.56. The van der Waals surface area contributed by atoms with Crippen LogP contribution in [-0.2, 0) is 9.53 Å². The van der Waals surface area contributed by atoms with Crippen LogP contribution < -0.4 is 5.32 Å². The molecule has 2 rings (SSSR count). The Morgan fingerprint density at radius 3 is 2.70 bits per heavy atom. The summed E-state index contributed by atoms with van der Waals surface area (Å²) in [6.07, 6.45) is 0. The van der Waals surface area contributed by atoms with Crippen molar-refractivity contribution in [3.8, 4) is 0 Å². The maximum atomic E-state index is 11.8. The predicted molar refractivity (Wildman–Crippen MR) is 71.3 cm³/mol. The molecule has 1 N–H and O–H groups in total. The van der Waals surface area contributed by atoms with Crippen molar-refractivity contribution in [1.82, 2.24) is 5.16 Å². The molecule has 2 aromatic rings. The van der Waals surface area contributed by atoms with Crippen LogP contribution in [0.3, 0.4) is 0 Å². The van der Waals surface area contributed by atoms with Crippen molar-refractivity contribution in [3.63, 3.8) is 0 Å². The molecule has 6 nitrogen and oxygen atoms in total. The normalized spacial score (nSPS) is 10.1. The van der Waals surface area contributed by atoms with Crippen LogP contribution in [0.15, 0.2) is 34.9 Å². The monoisotopic (exact) mass is 274 g/mol. The summed E-state index contributed by atoms with van der Waals surface area (Å²) in [5.74, 6) is -0.133. The molecule has 104 valence electrons. The summed E-state index contributed by atoms with van der Waals surface area (Å²) in [5, 5.41) is 6.07. The van der Waals surface area contributed by atoms with Gasteiger partial charge in [-0.25, -0.2) is 4.79 Å². The number of hydrogen-bond acceptors (Lipinski definition) is 5. The fourth-order valence-electron chi connectivity index (χ4n) is 1.62. The molecule has 1 aromatic heterocycles. The average molecular weight is 274 g/mol. The number of benzene rings is 1. The highest BCUT2D eigenvalue weighted by molar-refractivity contribution is 5.95. The van der Waals surface area contributed by atoms with Crippen LogP contribution in [0.25, 0.3) is 0 Å². The van der Waals surface area contributed by atoms with Crippen molar-refractivity contribution >= 4 is 17.7 Å². The molecular formula is C14H14N2O4. The maximum absolute atomic E-state index is 11.8. The molecule has 1 aromatic carbocycles. The fraction of sp³-hybridized carbons (Fsp3) is 0.214. The number of aryl methyl sites for hydroxylation is 2. The molecule has 0 unspecified atom stereocenters. The number of nitrogens with zero attached hydrogens (tertiary/aromatic N) is 1. The van der Waals surface area contributed by atoms with E-state index >= 15 is 0 Å². The molecule has 0 aliphatic heterocycles. The van der Waals surface area contributed by atoms with E-state index in [0.29, 0.717) is 17.1 Å². The zero-order valence-electron chi connectivity index (χ0n) is 11.2. The molecule has 0 aliphatic rings. The van der Waals surface area contributed by atoms with Gasteiger partial charge in [-0.05, 0) is 25.5 Å². The zero-order valence-corrected chi connectivity index (χ0v) is 11.2. The van der Waals surface area contributed by atoms with Crippen LogP contribution in [0.1, 0.15) is 21.7 Å². The SMILES string of the molecule is Cc1cc(NC(=O)COC(=O)c2ccccc2C)no1. The van der Waals surface area contributed by atoms with Gasteiger partial charge in [0, 0.05) is 6.07 Å². The first-order valence-corrected chi connectivity index (χ1v) is 6.02. The van der Waals surface area contributed by atoms with Crippen molar-refractivity contribution in [2.75, 3.05) is 11.9 Å². The van der Waals surface area contributed by atoms with Gasteiger partial charge in [-0.15, -0.1) is 0 Å². The predicted octanol–water partition coefficient (Wildman–Crippen LogP) is 2.09. The largest absolute Gasteiger partial charge is 0.452 e. The zero-order chi connectivity index (χ0) is 14.5. The van der Waals surface area contributed by atoms with Gasteiger partial charge in [-0.2, -0.15) is 0 Å². The highest BCUT2D eigenvalue weighted by atomic mass is 16.5. The summed E-state index contributed by atoms with van der Waals surface area (Å²) in [7, 11) is 0. The van der Waals surface area contributed by atoms with Gasteiger partial charge in [0.15, 0.2) is 12.4 Å². The van der Waals surface area contributed by atoms with Crippen LogP contribution in [-0.4, -0.2) is 23.6 Å². The highest BCUT2D eigenvalue weighted by Crippen LogP contribution is 2.09. The summed E-state index contributed by atoms with van der Waals surface area (Å²) in [6.45, 7) is 3.13. The molecule has 0 fully saturated rings. The number of anilines is 1. The van der Waals surface area contributed by atoms with E-state index in [9.17, 15) is 9.59 Å². The van der Waals surface area contributed by atoms with Gasteiger partial charge in [0.1, 0.15) is 5.76 Å². The molecule has 0 radical (unpaired) electrons. The second-order valence-electron chi connectivity index (χ2n) is 4.26. The van der Waals surface area contributed by atoms with E-state index in [4.69, 9.17) is 9.26 Å². The van der Waals surface area contributed by atoms with E-state index < -0.39 is 11.9 Å². The van der Waals surface area contributed by atoms with Gasteiger partial charge in [0.05, 0.1) is 5.56 Å². The minimum Gasteiger partial charge on any atom is -0.452 e. The number of nitrogens with one attached hydrogen (secondary N) is 1. The summed E-state index contributed by atoms with van der Waals surface area (Å²) < 4.78 is 9.74. The number of carbonyl (C=O) groups excluding carboxylic acids is 2. The van der Waals surface area contributed by atoms with E-state index in [2.05, 4.69) is 10.5 Å². The Morgan fingerprint density at radius 2 is 2.05 bits per heavy atom. The minimum absolute atomic E-state index is 0.291. The lowest BCUT2D eigenvalue weighted by Crippen LogP contribution is -2.21. The molecule has 20 heavy (non-hydrogen) atoms. The van der Waals surface area contributed by atoms with Crippen LogP contribution in [0.4, 0.5) is 5.82 Å². The summed E-state index contributed by atoms with van der Waals surface area (Å²) >= 11 is 0. The number of esters is 1. The third kappa shape index (κ3) is 3.44. The number of carbonyl (C=O) groups is 2. The Labute approximate surface area is 115 Å². The van der Waals surface area contributed by atoms with Crippen LogP contribution in [0, 0.1) is 13.8 Å². The number of amides is 1. The number of aromatic nitrogens is 1. The number of hydrogen-bond donors (Lipinski definition) is 1. The van der Waals surface area contributed by atoms with Gasteiger partial charge in [-0.3, -0.25) is 4.79 Å². The quantitative estimate of drug-likeness (QED) is 0.863. The molecule has 1 heterocycles. The van der Waals surface area contributed by atoms with E-state index in [-0.39, 0.29) is 6.61 Å². The Kier molecular flexibility index (Phi) is 4.14. The van der Waals surface area contributed by atoms with Crippen molar-refractivity contribution in [2.24, 2.45) is 0 Å². The third-order valence-corrected chi connectivity index (χ3v) is 2.59.